The Hall–Kier alpha value is -2.82. The number of halogens is 6. The predicted octanol–water partition coefficient (Wildman–Crippen LogP) is 7.71. The number of nitro benzene ring substituents is 1. The molecule has 33 heavy (non-hydrogen) atoms. The molecule has 0 unspecified atom stereocenters. The Morgan fingerprint density at radius 1 is 1.09 bits per heavy atom. The molecule has 3 rings (SSSR count). The second-order valence-corrected chi connectivity index (χ2v) is 8.32. The number of anilines is 1. The van der Waals surface area contributed by atoms with Crippen LogP contribution in [0.25, 0.3) is 0 Å². The summed E-state index contributed by atoms with van der Waals surface area (Å²) in [5.74, 6) is 0.268. The zero-order valence-electron chi connectivity index (χ0n) is 16.4. The van der Waals surface area contributed by atoms with E-state index in [0.717, 1.165) is 22.2 Å². The zero-order valence-corrected chi connectivity index (χ0v) is 19.5. The van der Waals surface area contributed by atoms with Gasteiger partial charge in [-0.25, -0.2) is 0 Å². The third kappa shape index (κ3) is 6.59. The van der Waals surface area contributed by atoms with Crippen molar-refractivity contribution in [3.05, 3.63) is 95.9 Å². The van der Waals surface area contributed by atoms with Gasteiger partial charge in [0.25, 0.3) is 5.69 Å². The van der Waals surface area contributed by atoms with Gasteiger partial charge in [-0.05, 0) is 47.5 Å². The number of benzene rings is 3. The van der Waals surface area contributed by atoms with Crippen molar-refractivity contribution in [1.82, 2.24) is 0 Å². The van der Waals surface area contributed by atoms with Gasteiger partial charge in [0, 0.05) is 10.5 Å². The van der Waals surface area contributed by atoms with Crippen molar-refractivity contribution in [3.63, 3.8) is 0 Å². The molecule has 0 aromatic heterocycles. The van der Waals surface area contributed by atoms with E-state index in [0.29, 0.717) is 11.6 Å². The molecule has 1 N–H and O–H groups in total. The topological polar surface area (TPSA) is 76.8 Å². The van der Waals surface area contributed by atoms with Crippen molar-refractivity contribution in [2.75, 3.05) is 5.43 Å². The standard InChI is InChI=1S/C21H13BrCl2F3N3O3/c22-15-4-1-12(2-5-15)11-33-20-16(23)7-13(8-17(20)24)10-28-29-18-6-3-14(21(25,26)27)9-19(18)30(31)32/h1-10,29H,11H2/b28-10-. The van der Waals surface area contributed by atoms with Crippen LogP contribution in [0.1, 0.15) is 16.7 Å². The SMILES string of the molecule is O=[N+]([O-])c1cc(C(F)(F)F)ccc1N/N=C\c1cc(Cl)c(OCc2ccc(Br)cc2)c(Cl)c1. The number of nitro groups is 1. The van der Waals surface area contributed by atoms with Crippen LogP contribution < -0.4 is 10.2 Å². The molecule has 0 saturated heterocycles. The maximum Gasteiger partial charge on any atom is 0.416 e. The van der Waals surface area contributed by atoms with E-state index in [9.17, 15) is 23.3 Å². The smallest absolute Gasteiger partial charge is 0.416 e. The van der Waals surface area contributed by atoms with E-state index < -0.39 is 22.4 Å². The second kappa shape index (κ2) is 10.4. The van der Waals surface area contributed by atoms with Crippen LogP contribution in [-0.4, -0.2) is 11.1 Å². The minimum atomic E-state index is -4.71. The predicted molar refractivity (Wildman–Crippen MR) is 124 cm³/mol. The summed E-state index contributed by atoms with van der Waals surface area (Å²) in [6.45, 7) is 0.235. The summed E-state index contributed by atoms with van der Waals surface area (Å²) in [7, 11) is 0. The first-order valence-electron chi connectivity index (χ1n) is 9.05. The summed E-state index contributed by atoms with van der Waals surface area (Å²) in [6, 6.07) is 12.6. The van der Waals surface area contributed by atoms with Crippen LogP contribution in [0.3, 0.4) is 0 Å². The molecule has 0 aliphatic rings. The molecular weight excluding hydrogens is 550 g/mol. The zero-order chi connectivity index (χ0) is 24.2. The maximum absolute atomic E-state index is 12.8. The largest absolute Gasteiger partial charge is 0.486 e. The van der Waals surface area contributed by atoms with E-state index in [4.69, 9.17) is 27.9 Å². The normalized spacial score (nSPS) is 11.6. The molecule has 0 heterocycles. The minimum Gasteiger partial charge on any atom is -0.486 e. The highest BCUT2D eigenvalue weighted by molar-refractivity contribution is 9.10. The van der Waals surface area contributed by atoms with E-state index in [-0.39, 0.29) is 28.1 Å². The minimum absolute atomic E-state index is 0.210. The third-order valence-electron chi connectivity index (χ3n) is 4.24. The van der Waals surface area contributed by atoms with Gasteiger partial charge in [0.2, 0.25) is 0 Å². The molecule has 0 bridgehead atoms. The summed E-state index contributed by atoms with van der Waals surface area (Å²) in [6.07, 6.45) is -3.45. The molecule has 0 saturated carbocycles. The van der Waals surface area contributed by atoms with Crippen molar-refractivity contribution >= 4 is 56.7 Å². The number of hydrogen-bond donors (Lipinski definition) is 1. The Balaban J connectivity index is 1.73. The number of nitrogens with zero attached hydrogens (tertiary/aromatic N) is 2. The van der Waals surface area contributed by atoms with Gasteiger partial charge in [-0.15, -0.1) is 0 Å². The molecule has 0 aliphatic carbocycles. The van der Waals surface area contributed by atoms with Crippen LogP contribution >= 0.6 is 39.1 Å². The van der Waals surface area contributed by atoms with E-state index in [1.807, 2.05) is 24.3 Å². The Bertz CT molecular complexity index is 1180. The molecule has 0 fully saturated rings. The van der Waals surface area contributed by atoms with Crippen LogP contribution in [0.2, 0.25) is 10.0 Å². The molecule has 3 aromatic carbocycles. The monoisotopic (exact) mass is 561 g/mol. The lowest BCUT2D eigenvalue weighted by Gasteiger charge is -2.11. The third-order valence-corrected chi connectivity index (χ3v) is 5.33. The summed E-state index contributed by atoms with van der Waals surface area (Å²) in [5, 5.41) is 15.4. The average Bonchev–Trinajstić information content (AvgIpc) is 2.73. The van der Waals surface area contributed by atoms with E-state index >= 15 is 0 Å². The summed E-state index contributed by atoms with van der Waals surface area (Å²) >= 11 is 15.9. The fourth-order valence-electron chi connectivity index (χ4n) is 2.66. The highest BCUT2D eigenvalue weighted by Crippen LogP contribution is 2.36. The number of hydrazone groups is 1. The Morgan fingerprint density at radius 3 is 2.30 bits per heavy atom. The highest BCUT2D eigenvalue weighted by atomic mass is 79.9. The van der Waals surface area contributed by atoms with Crippen LogP contribution in [0.15, 0.2) is 64.2 Å². The van der Waals surface area contributed by atoms with Crippen LogP contribution in [-0.2, 0) is 12.8 Å². The van der Waals surface area contributed by atoms with Crippen LogP contribution in [0.5, 0.6) is 5.75 Å². The number of nitrogens with one attached hydrogen (secondary N) is 1. The van der Waals surface area contributed by atoms with Crippen molar-refractivity contribution in [1.29, 1.82) is 0 Å². The number of rotatable bonds is 7. The van der Waals surface area contributed by atoms with Gasteiger partial charge in [-0.2, -0.15) is 18.3 Å². The fraction of sp³-hybridized carbons (Fsp3) is 0.0952. The molecule has 0 radical (unpaired) electrons. The molecule has 3 aromatic rings. The van der Waals surface area contributed by atoms with Gasteiger partial charge in [-0.1, -0.05) is 51.3 Å². The first kappa shape index (κ1) is 24.8. The number of hydrogen-bond acceptors (Lipinski definition) is 5. The van der Waals surface area contributed by atoms with Crippen molar-refractivity contribution < 1.29 is 22.8 Å². The van der Waals surface area contributed by atoms with E-state index in [1.54, 1.807) is 0 Å². The molecule has 172 valence electrons. The van der Waals surface area contributed by atoms with Gasteiger partial charge in [-0.3, -0.25) is 15.5 Å². The van der Waals surface area contributed by atoms with Gasteiger partial charge in [0.15, 0.2) is 5.75 Å². The number of alkyl halides is 3. The molecule has 6 nitrogen and oxygen atoms in total. The lowest BCUT2D eigenvalue weighted by atomic mass is 10.1. The lowest BCUT2D eigenvalue weighted by Crippen LogP contribution is -2.06. The van der Waals surface area contributed by atoms with Gasteiger partial charge in [0.05, 0.1) is 26.7 Å². The first-order chi connectivity index (χ1) is 15.5. The second-order valence-electron chi connectivity index (χ2n) is 6.59. The first-order valence-corrected chi connectivity index (χ1v) is 10.6. The molecule has 0 atom stereocenters. The Morgan fingerprint density at radius 2 is 1.73 bits per heavy atom. The van der Waals surface area contributed by atoms with Crippen molar-refractivity contribution in [2.45, 2.75) is 12.8 Å². The quantitative estimate of drug-likeness (QED) is 0.182. The molecule has 12 heteroatoms. The molecule has 0 spiro atoms. The van der Waals surface area contributed by atoms with E-state index in [1.165, 1.54) is 18.3 Å². The van der Waals surface area contributed by atoms with Crippen LogP contribution in [0.4, 0.5) is 24.5 Å². The summed E-state index contributed by atoms with van der Waals surface area (Å²) < 4.78 is 45.0. The maximum atomic E-state index is 12.8. The highest BCUT2D eigenvalue weighted by Gasteiger charge is 2.33. The van der Waals surface area contributed by atoms with Gasteiger partial charge in [0.1, 0.15) is 12.3 Å². The van der Waals surface area contributed by atoms with Crippen LogP contribution in [0, 0.1) is 10.1 Å². The summed E-state index contributed by atoms with van der Waals surface area (Å²) in [4.78, 5) is 10.2. The summed E-state index contributed by atoms with van der Waals surface area (Å²) in [5.41, 5.74) is 1.58. The Labute approximate surface area is 204 Å². The Kier molecular flexibility index (Phi) is 7.83. The molecule has 0 amide bonds. The molecular formula is C21H13BrCl2F3N3O3. The van der Waals surface area contributed by atoms with Crippen molar-refractivity contribution in [2.24, 2.45) is 5.10 Å². The molecule has 0 aliphatic heterocycles. The fourth-order valence-corrected chi connectivity index (χ4v) is 3.54. The van der Waals surface area contributed by atoms with E-state index in [2.05, 4.69) is 26.5 Å². The van der Waals surface area contributed by atoms with Crippen molar-refractivity contribution in [3.8, 4) is 5.75 Å². The average molecular weight is 563 g/mol. The van der Waals surface area contributed by atoms with Gasteiger partial charge >= 0.3 is 6.18 Å². The van der Waals surface area contributed by atoms with Gasteiger partial charge < -0.3 is 4.74 Å². The lowest BCUT2D eigenvalue weighted by molar-refractivity contribution is -0.384. The number of ether oxygens (including phenoxy) is 1.